The van der Waals surface area contributed by atoms with Crippen LogP contribution in [0.15, 0.2) is 48.8 Å². The first kappa shape index (κ1) is 16.3. The lowest BCUT2D eigenvalue weighted by Gasteiger charge is -2.26. The number of amides is 2. The predicted octanol–water partition coefficient (Wildman–Crippen LogP) is 4.16. The number of carbonyl (C=O) groups is 1. The lowest BCUT2D eigenvalue weighted by atomic mass is 10.00. The van der Waals surface area contributed by atoms with Crippen molar-refractivity contribution < 1.29 is 13.6 Å². The van der Waals surface area contributed by atoms with Crippen molar-refractivity contribution in [3.8, 4) is 0 Å². The molecule has 0 radical (unpaired) electrons. The number of aromatic amines is 1. The largest absolute Gasteiger partial charge is 0.346 e. The summed E-state index contributed by atoms with van der Waals surface area (Å²) in [5.74, 6) is -1.47. The fraction of sp³-hybridized carbons (Fsp3) is 0.158. The second-order valence-electron chi connectivity index (χ2n) is 6.08. The molecule has 0 fully saturated rings. The van der Waals surface area contributed by atoms with E-state index in [9.17, 15) is 13.6 Å². The molecule has 3 heterocycles. The van der Waals surface area contributed by atoms with Gasteiger partial charge in [0.1, 0.15) is 17.3 Å². The van der Waals surface area contributed by atoms with E-state index in [1.54, 1.807) is 11.1 Å². The van der Waals surface area contributed by atoms with Crippen LogP contribution in [0.2, 0.25) is 0 Å². The van der Waals surface area contributed by atoms with Gasteiger partial charge < -0.3 is 15.2 Å². The number of halogens is 2. The van der Waals surface area contributed by atoms with Crippen molar-refractivity contribution in [1.82, 2.24) is 14.9 Å². The predicted molar refractivity (Wildman–Crippen MR) is 95.6 cm³/mol. The van der Waals surface area contributed by atoms with E-state index in [1.807, 2.05) is 24.4 Å². The molecule has 1 aromatic carbocycles. The molecule has 4 rings (SSSR count). The molecule has 0 bridgehead atoms. The number of nitrogens with zero attached hydrogens (tertiary/aromatic N) is 2. The molecule has 2 N–H and O–H groups in total. The Bertz CT molecular complexity index is 1010. The average molecular weight is 354 g/mol. The van der Waals surface area contributed by atoms with Crippen LogP contribution < -0.4 is 5.32 Å². The second kappa shape index (κ2) is 6.59. The van der Waals surface area contributed by atoms with Crippen molar-refractivity contribution in [1.29, 1.82) is 0 Å². The van der Waals surface area contributed by atoms with Gasteiger partial charge in [0.15, 0.2) is 0 Å². The summed E-state index contributed by atoms with van der Waals surface area (Å²) >= 11 is 0. The minimum Gasteiger partial charge on any atom is -0.346 e. The summed E-state index contributed by atoms with van der Waals surface area (Å²) in [5, 5.41) is 3.53. The van der Waals surface area contributed by atoms with E-state index in [0.29, 0.717) is 19.5 Å². The van der Waals surface area contributed by atoms with E-state index < -0.39 is 17.7 Å². The van der Waals surface area contributed by atoms with Crippen molar-refractivity contribution >= 4 is 28.3 Å². The minimum absolute atomic E-state index is 0.0334. The van der Waals surface area contributed by atoms with Crippen molar-refractivity contribution in [3.05, 3.63) is 66.0 Å². The van der Waals surface area contributed by atoms with E-state index >= 15 is 0 Å². The normalized spacial score (nSPS) is 14.4. The maximum atomic E-state index is 13.7. The van der Waals surface area contributed by atoms with Gasteiger partial charge in [-0.3, -0.25) is 0 Å². The zero-order valence-electron chi connectivity index (χ0n) is 13.8. The molecule has 0 aliphatic carbocycles. The third-order valence-corrected chi connectivity index (χ3v) is 4.47. The number of H-pyrrole nitrogens is 1. The Balaban J connectivity index is 1.47. The quantitative estimate of drug-likeness (QED) is 0.726. The summed E-state index contributed by atoms with van der Waals surface area (Å²) in [4.78, 5) is 21.3. The summed E-state index contributed by atoms with van der Waals surface area (Å²) in [6.45, 7) is 0.921. The standard InChI is InChI=1S/C19H16F2N4O/c20-13-3-4-17(16(21)10-13)24-19(26)25-8-5-12(6-9-25)15-11-23-18-14(15)2-1-7-22-18/h1-5,7,10-11H,6,8-9H2,(H,22,23)(H,24,26). The monoisotopic (exact) mass is 354 g/mol. The van der Waals surface area contributed by atoms with Crippen LogP contribution in [0.1, 0.15) is 12.0 Å². The number of benzene rings is 1. The van der Waals surface area contributed by atoms with Gasteiger partial charge in [0, 0.05) is 42.5 Å². The van der Waals surface area contributed by atoms with Crippen molar-refractivity contribution in [3.63, 3.8) is 0 Å². The maximum absolute atomic E-state index is 13.7. The van der Waals surface area contributed by atoms with E-state index in [4.69, 9.17) is 0 Å². The number of anilines is 1. The molecule has 2 amide bonds. The number of carbonyl (C=O) groups excluding carboxylic acids is 1. The molecule has 1 aliphatic rings. The van der Waals surface area contributed by atoms with E-state index in [1.165, 1.54) is 6.07 Å². The second-order valence-corrected chi connectivity index (χ2v) is 6.08. The molecule has 2 aromatic heterocycles. The summed E-state index contributed by atoms with van der Waals surface area (Å²) in [7, 11) is 0. The molecule has 3 aromatic rings. The fourth-order valence-corrected chi connectivity index (χ4v) is 3.10. The van der Waals surface area contributed by atoms with Crippen molar-refractivity contribution in [2.24, 2.45) is 0 Å². The first-order valence-electron chi connectivity index (χ1n) is 8.24. The fourth-order valence-electron chi connectivity index (χ4n) is 3.10. The molecule has 0 saturated heterocycles. The Morgan fingerprint density at radius 1 is 1.27 bits per heavy atom. The molecular weight excluding hydrogens is 338 g/mol. The third kappa shape index (κ3) is 3.03. The number of nitrogens with one attached hydrogen (secondary N) is 2. The van der Waals surface area contributed by atoms with Crippen LogP contribution in [0.25, 0.3) is 16.6 Å². The Labute approximate surface area is 148 Å². The number of hydrogen-bond acceptors (Lipinski definition) is 2. The SMILES string of the molecule is O=C(Nc1ccc(F)cc1F)N1CC=C(c2c[nH]c3ncccc23)CC1. The van der Waals surface area contributed by atoms with Gasteiger partial charge in [-0.1, -0.05) is 6.08 Å². The van der Waals surface area contributed by atoms with Gasteiger partial charge in [0.25, 0.3) is 0 Å². The summed E-state index contributed by atoms with van der Waals surface area (Å²) in [6, 6.07) is 6.55. The lowest BCUT2D eigenvalue weighted by Crippen LogP contribution is -2.38. The van der Waals surface area contributed by atoms with Crippen molar-refractivity contribution in [2.75, 3.05) is 18.4 Å². The molecule has 26 heavy (non-hydrogen) atoms. The van der Waals surface area contributed by atoms with Gasteiger partial charge in [-0.15, -0.1) is 0 Å². The molecule has 7 heteroatoms. The molecule has 5 nitrogen and oxygen atoms in total. The highest BCUT2D eigenvalue weighted by Crippen LogP contribution is 2.28. The lowest BCUT2D eigenvalue weighted by molar-refractivity contribution is 0.217. The number of pyridine rings is 1. The zero-order valence-corrected chi connectivity index (χ0v) is 13.8. The first-order chi connectivity index (χ1) is 12.6. The minimum atomic E-state index is -0.794. The summed E-state index contributed by atoms with van der Waals surface area (Å²) in [5.41, 5.74) is 3.02. The number of fused-ring (bicyclic) bond motifs is 1. The van der Waals surface area contributed by atoms with Crippen LogP contribution >= 0.6 is 0 Å². The molecule has 0 atom stereocenters. The molecule has 132 valence electrons. The maximum Gasteiger partial charge on any atom is 0.322 e. The zero-order chi connectivity index (χ0) is 18.1. The van der Waals surface area contributed by atoms with Gasteiger partial charge in [-0.2, -0.15) is 0 Å². The van der Waals surface area contributed by atoms with Crippen LogP contribution in [0, 0.1) is 11.6 Å². The average Bonchev–Trinajstić information content (AvgIpc) is 3.08. The topological polar surface area (TPSA) is 61.0 Å². The van der Waals surface area contributed by atoms with Gasteiger partial charge in [0.2, 0.25) is 0 Å². The Hall–Kier alpha value is -3.22. The van der Waals surface area contributed by atoms with Crippen LogP contribution in [-0.2, 0) is 0 Å². The van der Waals surface area contributed by atoms with Crippen molar-refractivity contribution in [2.45, 2.75) is 6.42 Å². The number of aromatic nitrogens is 2. The summed E-state index contributed by atoms with van der Waals surface area (Å²) < 4.78 is 26.6. The van der Waals surface area contributed by atoms with Crippen LogP contribution in [-0.4, -0.2) is 34.0 Å². The number of urea groups is 1. The van der Waals surface area contributed by atoms with E-state index in [2.05, 4.69) is 15.3 Å². The molecule has 0 unspecified atom stereocenters. The molecule has 0 saturated carbocycles. The molecule has 0 spiro atoms. The Kier molecular flexibility index (Phi) is 4.12. The van der Waals surface area contributed by atoms with Crippen LogP contribution in [0.4, 0.5) is 19.3 Å². The van der Waals surface area contributed by atoms with E-state index in [0.717, 1.165) is 34.3 Å². The van der Waals surface area contributed by atoms with Crippen LogP contribution in [0.5, 0.6) is 0 Å². The summed E-state index contributed by atoms with van der Waals surface area (Å²) in [6.07, 6.45) is 6.33. The van der Waals surface area contributed by atoms with Gasteiger partial charge in [0.05, 0.1) is 5.69 Å². The van der Waals surface area contributed by atoms with E-state index in [-0.39, 0.29) is 5.69 Å². The first-order valence-corrected chi connectivity index (χ1v) is 8.24. The molecular formula is C19H16F2N4O. The number of hydrogen-bond donors (Lipinski definition) is 2. The Morgan fingerprint density at radius 3 is 2.92 bits per heavy atom. The number of rotatable bonds is 2. The highest BCUT2D eigenvalue weighted by molar-refractivity contribution is 5.93. The third-order valence-electron chi connectivity index (χ3n) is 4.47. The highest BCUT2D eigenvalue weighted by atomic mass is 19.1. The van der Waals surface area contributed by atoms with Gasteiger partial charge in [-0.05, 0) is 36.3 Å². The highest BCUT2D eigenvalue weighted by Gasteiger charge is 2.20. The smallest absolute Gasteiger partial charge is 0.322 e. The van der Waals surface area contributed by atoms with Gasteiger partial charge >= 0.3 is 6.03 Å². The van der Waals surface area contributed by atoms with Gasteiger partial charge in [-0.25, -0.2) is 18.6 Å². The molecule has 1 aliphatic heterocycles. The Morgan fingerprint density at radius 2 is 2.15 bits per heavy atom. The van der Waals surface area contributed by atoms with Crippen LogP contribution in [0.3, 0.4) is 0 Å².